The van der Waals surface area contributed by atoms with Crippen LogP contribution in [0.15, 0.2) is 47.4 Å². The van der Waals surface area contributed by atoms with Crippen molar-refractivity contribution in [2.75, 3.05) is 12.3 Å². The van der Waals surface area contributed by atoms with E-state index in [0.717, 1.165) is 32.5 Å². The summed E-state index contributed by atoms with van der Waals surface area (Å²) in [5.41, 5.74) is 2.24. The van der Waals surface area contributed by atoms with Crippen LogP contribution in [-0.4, -0.2) is 24.3 Å². The highest BCUT2D eigenvalue weighted by Gasteiger charge is 2.18. The molecule has 0 unspecified atom stereocenters. The number of nitrogens with one attached hydrogen (secondary N) is 1. The van der Waals surface area contributed by atoms with Gasteiger partial charge in [-0.25, -0.2) is 0 Å². The van der Waals surface area contributed by atoms with Gasteiger partial charge in [-0.2, -0.15) is 0 Å². The molecule has 1 atom stereocenters. The third-order valence-corrected chi connectivity index (χ3v) is 5.24. The quantitative estimate of drug-likeness (QED) is 0.518. The molecule has 0 fully saturated rings. The average molecular weight is 378 g/mol. The molecule has 1 amide bonds. The molecule has 1 N–H and O–H groups in total. The summed E-state index contributed by atoms with van der Waals surface area (Å²) in [5, 5.41) is 3.69. The Morgan fingerprint density at radius 1 is 1.20 bits per heavy atom. The van der Waals surface area contributed by atoms with Crippen molar-refractivity contribution in [3.05, 3.63) is 58.6 Å². The van der Waals surface area contributed by atoms with Crippen LogP contribution in [0.5, 0.6) is 5.75 Å². The molecule has 5 heteroatoms. The molecule has 0 aliphatic rings. The molecule has 0 aliphatic carbocycles. The molecule has 25 heavy (non-hydrogen) atoms. The number of carbonyl (C=O) groups excluding carboxylic acids is 1. The van der Waals surface area contributed by atoms with Gasteiger partial charge in [0.2, 0.25) is 0 Å². The van der Waals surface area contributed by atoms with Gasteiger partial charge in [-0.05, 0) is 61.7 Å². The van der Waals surface area contributed by atoms with E-state index in [1.807, 2.05) is 63.2 Å². The van der Waals surface area contributed by atoms with E-state index in [2.05, 4.69) is 5.32 Å². The molecule has 0 radical (unpaired) electrons. The molecule has 0 spiro atoms. The molecule has 0 saturated heterocycles. The lowest BCUT2D eigenvalue weighted by molar-refractivity contribution is -0.128. The van der Waals surface area contributed by atoms with Gasteiger partial charge in [0.1, 0.15) is 5.75 Å². The summed E-state index contributed by atoms with van der Waals surface area (Å²) < 4.78 is 5.93. The van der Waals surface area contributed by atoms with Crippen molar-refractivity contribution in [2.45, 2.75) is 38.2 Å². The van der Waals surface area contributed by atoms with Gasteiger partial charge in [-0.1, -0.05) is 30.7 Å². The highest BCUT2D eigenvalue weighted by Crippen LogP contribution is 2.23. The number of halogens is 1. The molecule has 0 bridgehead atoms. The highest BCUT2D eigenvalue weighted by atomic mass is 35.5. The monoisotopic (exact) mass is 377 g/mol. The van der Waals surface area contributed by atoms with E-state index in [9.17, 15) is 4.79 Å². The molecule has 3 nitrogen and oxygen atoms in total. The van der Waals surface area contributed by atoms with Crippen LogP contribution in [0.4, 0.5) is 0 Å². The number of benzene rings is 2. The van der Waals surface area contributed by atoms with Crippen LogP contribution in [0, 0.1) is 13.8 Å². The molecular formula is C20H24ClNO2S. The molecule has 0 saturated carbocycles. The van der Waals surface area contributed by atoms with E-state index in [0.29, 0.717) is 13.0 Å². The topological polar surface area (TPSA) is 38.3 Å². The summed E-state index contributed by atoms with van der Waals surface area (Å²) >= 11 is 7.56. The van der Waals surface area contributed by atoms with Crippen molar-refractivity contribution in [1.82, 2.24) is 5.32 Å². The van der Waals surface area contributed by atoms with Crippen LogP contribution in [0.3, 0.4) is 0 Å². The summed E-state index contributed by atoms with van der Waals surface area (Å²) in [6.45, 7) is 6.60. The van der Waals surface area contributed by atoms with Gasteiger partial charge < -0.3 is 10.1 Å². The first-order valence-corrected chi connectivity index (χ1v) is 9.76. The predicted octanol–water partition coefficient (Wildman–Crippen LogP) is 5.02. The molecule has 2 aromatic rings. The Labute approximate surface area is 159 Å². The first kappa shape index (κ1) is 19.7. The SMILES string of the molecule is CC[C@H](Oc1cccc(C)c1C)C(=O)NCCSc1ccc(Cl)cc1. The fraction of sp³-hybridized carbons (Fsp3) is 0.350. The number of ether oxygens (including phenoxy) is 1. The van der Waals surface area contributed by atoms with E-state index in [4.69, 9.17) is 16.3 Å². The lowest BCUT2D eigenvalue weighted by atomic mass is 10.1. The normalized spacial score (nSPS) is 11.8. The maximum atomic E-state index is 12.4. The fourth-order valence-corrected chi connectivity index (χ4v) is 3.21. The lowest BCUT2D eigenvalue weighted by Crippen LogP contribution is -2.39. The maximum Gasteiger partial charge on any atom is 0.261 e. The minimum Gasteiger partial charge on any atom is -0.480 e. The Bertz CT molecular complexity index is 703. The number of amides is 1. The first-order valence-electron chi connectivity index (χ1n) is 8.40. The second kappa shape index (κ2) is 9.73. The van der Waals surface area contributed by atoms with Crippen LogP contribution in [0.1, 0.15) is 24.5 Å². The van der Waals surface area contributed by atoms with E-state index in [-0.39, 0.29) is 5.91 Å². The zero-order valence-electron chi connectivity index (χ0n) is 14.8. The highest BCUT2D eigenvalue weighted by molar-refractivity contribution is 7.99. The molecule has 0 aromatic heterocycles. The standard InChI is InChI=1S/C20H24ClNO2S/c1-4-18(24-19-7-5-6-14(2)15(19)3)20(23)22-12-13-25-17-10-8-16(21)9-11-17/h5-11,18H,4,12-13H2,1-3H3,(H,22,23)/t18-/m0/s1. The van der Waals surface area contributed by atoms with Gasteiger partial charge in [0, 0.05) is 22.2 Å². The van der Waals surface area contributed by atoms with Crippen molar-refractivity contribution in [3.8, 4) is 5.75 Å². The molecule has 2 aromatic carbocycles. The predicted molar refractivity (Wildman–Crippen MR) is 106 cm³/mol. The van der Waals surface area contributed by atoms with Crippen molar-refractivity contribution >= 4 is 29.3 Å². The number of thioether (sulfide) groups is 1. The zero-order valence-corrected chi connectivity index (χ0v) is 16.4. The maximum absolute atomic E-state index is 12.4. The fourth-order valence-electron chi connectivity index (χ4n) is 2.32. The van der Waals surface area contributed by atoms with Crippen LogP contribution in [0.25, 0.3) is 0 Å². The molecular weight excluding hydrogens is 354 g/mol. The second-order valence-electron chi connectivity index (χ2n) is 5.81. The van der Waals surface area contributed by atoms with Gasteiger partial charge in [-0.15, -0.1) is 11.8 Å². The second-order valence-corrected chi connectivity index (χ2v) is 7.41. The van der Waals surface area contributed by atoms with E-state index in [1.54, 1.807) is 11.8 Å². The van der Waals surface area contributed by atoms with Gasteiger partial charge in [0.05, 0.1) is 0 Å². The van der Waals surface area contributed by atoms with Crippen molar-refractivity contribution < 1.29 is 9.53 Å². The van der Waals surface area contributed by atoms with Gasteiger partial charge >= 0.3 is 0 Å². The average Bonchev–Trinajstić information content (AvgIpc) is 2.61. The zero-order chi connectivity index (χ0) is 18.2. The van der Waals surface area contributed by atoms with Gasteiger partial charge in [0.15, 0.2) is 6.10 Å². The van der Waals surface area contributed by atoms with Crippen LogP contribution in [-0.2, 0) is 4.79 Å². The Balaban J connectivity index is 1.81. The number of carbonyl (C=O) groups is 1. The van der Waals surface area contributed by atoms with Crippen LogP contribution in [0.2, 0.25) is 5.02 Å². The summed E-state index contributed by atoms with van der Waals surface area (Å²) in [6, 6.07) is 13.6. The van der Waals surface area contributed by atoms with E-state index >= 15 is 0 Å². The lowest BCUT2D eigenvalue weighted by Gasteiger charge is -2.19. The molecule has 2 rings (SSSR count). The minimum atomic E-state index is -0.471. The number of hydrogen-bond acceptors (Lipinski definition) is 3. The van der Waals surface area contributed by atoms with Crippen LogP contribution < -0.4 is 10.1 Å². The molecule has 134 valence electrons. The number of hydrogen-bond donors (Lipinski definition) is 1. The molecule has 0 aliphatic heterocycles. The Morgan fingerprint density at radius 3 is 2.60 bits per heavy atom. The van der Waals surface area contributed by atoms with Gasteiger partial charge in [0.25, 0.3) is 5.91 Å². The smallest absolute Gasteiger partial charge is 0.261 e. The van der Waals surface area contributed by atoms with E-state index < -0.39 is 6.10 Å². The molecule has 0 heterocycles. The Kier molecular flexibility index (Phi) is 7.66. The minimum absolute atomic E-state index is 0.0693. The summed E-state index contributed by atoms with van der Waals surface area (Å²) in [4.78, 5) is 13.5. The Morgan fingerprint density at radius 2 is 1.92 bits per heavy atom. The third kappa shape index (κ3) is 5.98. The summed E-state index contributed by atoms with van der Waals surface area (Å²) in [7, 11) is 0. The van der Waals surface area contributed by atoms with Gasteiger partial charge in [-0.3, -0.25) is 4.79 Å². The van der Waals surface area contributed by atoms with Crippen LogP contribution >= 0.6 is 23.4 Å². The summed E-state index contributed by atoms with van der Waals surface area (Å²) in [6.07, 6.45) is 0.157. The van der Waals surface area contributed by atoms with E-state index in [1.165, 1.54) is 0 Å². The number of aryl methyl sites for hydroxylation is 1. The largest absolute Gasteiger partial charge is 0.480 e. The van der Waals surface area contributed by atoms with Crippen molar-refractivity contribution in [1.29, 1.82) is 0 Å². The Hall–Kier alpha value is -1.65. The summed E-state index contributed by atoms with van der Waals surface area (Å²) in [5.74, 6) is 1.51. The first-order chi connectivity index (χ1) is 12.0. The third-order valence-electron chi connectivity index (χ3n) is 3.97. The van der Waals surface area contributed by atoms with Crippen molar-refractivity contribution in [3.63, 3.8) is 0 Å². The van der Waals surface area contributed by atoms with Crippen molar-refractivity contribution in [2.24, 2.45) is 0 Å². The number of rotatable bonds is 8.